The Bertz CT molecular complexity index is 968. The summed E-state index contributed by atoms with van der Waals surface area (Å²) < 4.78 is 7.26. The fraction of sp³-hybridized carbons (Fsp3) is 0.118. The molecule has 120 valence electrons. The van der Waals surface area contributed by atoms with E-state index < -0.39 is 0 Å². The number of thiophene rings is 1. The molecule has 0 aliphatic heterocycles. The number of aromatic nitrogens is 4. The first-order valence-electron chi connectivity index (χ1n) is 7.50. The van der Waals surface area contributed by atoms with Crippen molar-refractivity contribution in [3.05, 3.63) is 51.7 Å². The fourth-order valence-corrected chi connectivity index (χ4v) is 3.64. The highest BCUT2D eigenvalue weighted by atomic mass is 32.1. The fourth-order valence-electron chi connectivity index (χ4n) is 2.29. The molecule has 5 nitrogen and oxygen atoms in total. The van der Waals surface area contributed by atoms with Crippen molar-refractivity contribution >= 4 is 39.8 Å². The van der Waals surface area contributed by atoms with Gasteiger partial charge in [-0.3, -0.25) is 0 Å². The second-order valence-electron chi connectivity index (χ2n) is 4.96. The van der Waals surface area contributed by atoms with E-state index in [0.717, 1.165) is 27.1 Å². The largest absolute Gasteiger partial charge is 0.494 e. The van der Waals surface area contributed by atoms with Gasteiger partial charge in [0.15, 0.2) is 5.82 Å². The van der Waals surface area contributed by atoms with Crippen LogP contribution < -0.4 is 4.74 Å². The van der Waals surface area contributed by atoms with E-state index in [-0.39, 0.29) is 0 Å². The van der Waals surface area contributed by atoms with E-state index in [1.807, 2.05) is 43.3 Å². The average Bonchev–Trinajstić information content (AvgIpc) is 3.31. The summed E-state index contributed by atoms with van der Waals surface area (Å²) >= 11 is 3.22. The number of benzene rings is 1. The Hall–Kier alpha value is -2.51. The van der Waals surface area contributed by atoms with Gasteiger partial charge < -0.3 is 4.74 Å². The molecule has 0 N–H and O–H groups in total. The molecule has 7 heteroatoms. The molecule has 0 unspecified atom stereocenters. The highest BCUT2D eigenvalue weighted by Crippen LogP contribution is 2.24. The van der Waals surface area contributed by atoms with Crippen molar-refractivity contribution < 1.29 is 4.74 Å². The lowest BCUT2D eigenvalue weighted by Crippen LogP contribution is -1.93. The van der Waals surface area contributed by atoms with Gasteiger partial charge in [-0.2, -0.15) is 9.61 Å². The number of hydrogen-bond acceptors (Lipinski definition) is 6. The molecule has 0 amide bonds. The van der Waals surface area contributed by atoms with Gasteiger partial charge in [0.25, 0.3) is 0 Å². The summed E-state index contributed by atoms with van der Waals surface area (Å²) in [6.07, 6.45) is 4.07. The lowest BCUT2D eigenvalue weighted by Gasteiger charge is -2.03. The first kappa shape index (κ1) is 15.0. The van der Waals surface area contributed by atoms with Crippen molar-refractivity contribution in [2.24, 2.45) is 0 Å². The third kappa shape index (κ3) is 2.95. The van der Waals surface area contributed by atoms with E-state index in [2.05, 4.69) is 32.8 Å². The van der Waals surface area contributed by atoms with Crippen LogP contribution in [0.1, 0.15) is 16.8 Å². The molecule has 0 spiro atoms. The van der Waals surface area contributed by atoms with Crippen molar-refractivity contribution in [1.29, 1.82) is 0 Å². The van der Waals surface area contributed by atoms with Gasteiger partial charge in [0.2, 0.25) is 4.96 Å². The van der Waals surface area contributed by atoms with Gasteiger partial charge in [-0.25, -0.2) is 0 Å². The number of rotatable bonds is 5. The molecule has 0 saturated carbocycles. The van der Waals surface area contributed by atoms with E-state index >= 15 is 0 Å². The van der Waals surface area contributed by atoms with E-state index in [1.165, 1.54) is 16.2 Å². The molecule has 0 aliphatic carbocycles. The molecule has 4 rings (SSSR count). The highest BCUT2D eigenvalue weighted by molar-refractivity contribution is 7.17. The van der Waals surface area contributed by atoms with Gasteiger partial charge >= 0.3 is 0 Å². The third-order valence-corrected chi connectivity index (χ3v) is 5.06. The number of fused-ring (bicyclic) bond motifs is 1. The van der Waals surface area contributed by atoms with E-state index in [4.69, 9.17) is 4.74 Å². The summed E-state index contributed by atoms with van der Waals surface area (Å²) in [5.41, 5.74) is 0.963. The molecule has 0 fully saturated rings. The zero-order chi connectivity index (χ0) is 16.4. The normalized spacial score (nSPS) is 11.5. The Morgan fingerprint density at radius 3 is 2.75 bits per heavy atom. The second-order valence-corrected chi connectivity index (χ2v) is 6.93. The Morgan fingerprint density at radius 1 is 1.12 bits per heavy atom. The predicted molar refractivity (Wildman–Crippen MR) is 98.5 cm³/mol. The first-order chi connectivity index (χ1) is 11.8. The molecule has 0 aliphatic rings. The molecular weight excluding hydrogens is 340 g/mol. The van der Waals surface area contributed by atoms with Crippen molar-refractivity contribution in [2.45, 2.75) is 6.92 Å². The summed E-state index contributed by atoms with van der Waals surface area (Å²) in [6.45, 7) is 2.62. The standard InChI is InChI=1S/C17H14N4OS2/c1-2-22-13-7-5-12(6-8-13)16-18-19-17-21(16)20-15(24-17)10-9-14-4-3-11-23-14/h3-11H,2H2,1H3/b10-9+. The minimum Gasteiger partial charge on any atom is -0.494 e. The smallest absolute Gasteiger partial charge is 0.235 e. The molecule has 3 heterocycles. The molecule has 0 saturated heterocycles. The van der Waals surface area contributed by atoms with Crippen LogP contribution in [0.5, 0.6) is 5.75 Å². The molecule has 4 aromatic rings. The van der Waals surface area contributed by atoms with Crippen molar-refractivity contribution in [3.63, 3.8) is 0 Å². The monoisotopic (exact) mass is 354 g/mol. The maximum absolute atomic E-state index is 5.47. The molecule has 1 aromatic carbocycles. The molecular formula is C17H14N4OS2. The van der Waals surface area contributed by atoms with Crippen LogP contribution in [-0.4, -0.2) is 26.4 Å². The van der Waals surface area contributed by atoms with Crippen LogP contribution >= 0.6 is 22.7 Å². The molecule has 3 aromatic heterocycles. The topological polar surface area (TPSA) is 52.3 Å². The maximum Gasteiger partial charge on any atom is 0.235 e. The summed E-state index contributed by atoms with van der Waals surface area (Å²) in [4.78, 5) is 1.98. The Labute approximate surface area is 146 Å². The molecule has 0 radical (unpaired) electrons. The minimum atomic E-state index is 0.653. The van der Waals surface area contributed by atoms with Gasteiger partial charge in [0.05, 0.1) is 6.61 Å². The zero-order valence-corrected chi connectivity index (χ0v) is 14.5. The first-order valence-corrected chi connectivity index (χ1v) is 9.20. The van der Waals surface area contributed by atoms with Gasteiger partial charge in [-0.15, -0.1) is 21.5 Å². The Balaban J connectivity index is 1.64. The third-order valence-electron chi connectivity index (χ3n) is 3.36. The van der Waals surface area contributed by atoms with Crippen molar-refractivity contribution in [2.75, 3.05) is 6.61 Å². The maximum atomic E-state index is 5.47. The Kier molecular flexibility index (Phi) is 4.10. The molecule has 0 bridgehead atoms. The minimum absolute atomic E-state index is 0.653. The number of ether oxygens (including phenoxy) is 1. The SMILES string of the molecule is CCOc1ccc(-c2nnc3sc(/C=C/c4cccs4)nn23)cc1. The van der Waals surface area contributed by atoms with E-state index in [9.17, 15) is 0 Å². The van der Waals surface area contributed by atoms with Crippen molar-refractivity contribution in [3.8, 4) is 17.1 Å². The highest BCUT2D eigenvalue weighted by Gasteiger charge is 2.12. The van der Waals surface area contributed by atoms with Gasteiger partial charge in [0, 0.05) is 10.4 Å². The number of nitrogens with zero attached hydrogens (tertiary/aromatic N) is 4. The summed E-state index contributed by atoms with van der Waals surface area (Å²) in [7, 11) is 0. The van der Waals surface area contributed by atoms with Crippen LogP contribution in [0.25, 0.3) is 28.5 Å². The summed E-state index contributed by atoms with van der Waals surface area (Å²) in [5, 5.41) is 16.0. The molecule has 0 atom stereocenters. The quantitative estimate of drug-likeness (QED) is 0.530. The summed E-state index contributed by atoms with van der Waals surface area (Å²) in [5.74, 6) is 1.58. The Morgan fingerprint density at radius 2 is 2.00 bits per heavy atom. The average molecular weight is 354 g/mol. The van der Waals surface area contributed by atoms with Crippen LogP contribution in [0.4, 0.5) is 0 Å². The number of hydrogen-bond donors (Lipinski definition) is 0. The van der Waals surface area contributed by atoms with Crippen molar-refractivity contribution in [1.82, 2.24) is 19.8 Å². The summed E-state index contributed by atoms with van der Waals surface area (Å²) in [6, 6.07) is 11.9. The van der Waals surface area contributed by atoms with Crippen LogP contribution in [0.2, 0.25) is 0 Å². The van der Waals surface area contributed by atoms with Gasteiger partial charge in [-0.05, 0) is 54.8 Å². The lowest BCUT2D eigenvalue weighted by molar-refractivity contribution is 0.340. The van der Waals surface area contributed by atoms with Gasteiger partial charge in [-0.1, -0.05) is 17.4 Å². The lowest BCUT2D eigenvalue weighted by atomic mass is 10.2. The van der Waals surface area contributed by atoms with Crippen LogP contribution in [0, 0.1) is 0 Å². The van der Waals surface area contributed by atoms with Crippen LogP contribution in [0.3, 0.4) is 0 Å². The molecule has 24 heavy (non-hydrogen) atoms. The van der Waals surface area contributed by atoms with Crippen LogP contribution in [0.15, 0.2) is 41.8 Å². The zero-order valence-electron chi connectivity index (χ0n) is 12.9. The van der Waals surface area contributed by atoms with Crippen LogP contribution in [-0.2, 0) is 0 Å². The van der Waals surface area contributed by atoms with Gasteiger partial charge in [0.1, 0.15) is 10.8 Å². The van der Waals surface area contributed by atoms with E-state index in [0.29, 0.717) is 6.61 Å². The predicted octanol–water partition coefficient (Wildman–Crippen LogP) is 4.48. The van der Waals surface area contributed by atoms with E-state index in [1.54, 1.807) is 15.9 Å². The second kappa shape index (κ2) is 6.54.